The number of hydrogen-bond acceptors (Lipinski definition) is 5. The van der Waals surface area contributed by atoms with Gasteiger partial charge >= 0.3 is 12.1 Å². The number of halogens is 3. The highest BCUT2D eigenvalue weighted by Gasteiger charge is 2.75. The Morgan fingerprint density at radius 3 is 2.31 bits per heavy atom. The van der Waals surface area contributed by atoms with Crippen molar-refractivity contribution in [1.82, 2.24) is 0 Å². The van der Waals surface area contributed by atoms with E-state index >= 15 is 0 Å². The van der Waals surface area contributed by atoms with Crippen LogP contribution in [0.1, 0.15) is 44.4 Å². The van der Waals surface area contributed by atoms with Crippen LogP contribution in [-0.2, 0) is 36.3 Å². The predicted molar refractivity (Wildman–Crippen MR) is 123 cm³/mol. The molecule has 1 fully saturated rings. The molecule has 0 amide bonds. The van der Waals surface area contributed by atoms with Crippen molar-refractivity contribution in [2.24, 2.45) is 5.92 Å². The molecule has 4 rings (SSSR count). The average Bonchev–Trinajstić information content (AvgIpc) is 3.27. The van der Waals surface area contributed by atoms with Crippen molar-refractivity contribution < 1.29 is 35.9 Å². The van der Waals surface area contributed by atoms with Gasteiger partial charge in [-0.1, -0.05) is 36.8 Å². The number of anilines is 1. The lowest BCUT2D eigenvalue weighted by atomic mass is 9.84. The molecule has 10 heteroatoms. The van der Waals surface area contributed by atoms with Crippen molar-refractivity contribution >= 4 is 21.7 Å². The summed E-state index contributed by atoms with van der Waals surface area (Å²) < 4.78 is 84.1. The molecule has 0 bridgehead atoms. The molecule has 0 N–H and O–H groups in total. The number of aryl methyl sites for hydroxylation is 2. The molecule has 6 nitrogen and oxygen atoms in total. The Morgan fingerprint density at radius 2 is 1.77 bits per heavy atom. The molecule has 2 aliphatic heterocycles. The fraction of sp³-hybridized carbons (Fsp3) is 0.480. The van der Waals surface area contributed by atoms with Gasteiger partial charge in [0.25, 0.3) is 10.0 Å². The number of carbonyl (C=O) groups excluding carboxylic acids is 1. The van der Waals surface area contributed by atoms with Crippen molar-refractivity contribution in [3.05, 3.63) is 59.2 Å². The summed E-state index contributed by atoms with van der Waals surface area (Å²) in [6, 6.07) is 8.21. The summed E-state index contributed by atoms with van der Waals surface area (Å²) in [5, 5.41) is 0. The van der Waals surface area contributed by atoms with E-state index in [1.807, 2.05) is 0 Å². The Kier molecular flexibility index (Phi) is 6.00. The Labute approximate surface area is 203 Å². The second-order valence-corrected chi connectivity index (χ2v) is 11.8. The lowest BCUT2D eigenvalue weighted by molar-refractivity contribution is -0.269. The fourth-order valence-corrected chi connectivity index (χ4v) is 6.49. The molecule has 1 saturated heterocycles. The van der Waals surface area contributed by atoms with Crippen molar-refractivity contribution in [3.63, 3.8) is 0 Å². The number of rotatable bonds is 4. The number of benzene rings is 2. The van der Waals surface area contributed by atoms with Crippen LogP contribution in [0, 0.1) is 12.8 Å². The zero-order valence-electron chi connectivity index (χ0n) is 20.1. The van der Waals surface area contributed by atoms with Gasteiger partial charge in [0.05, 0.1) is 17.2 Å². The SMILES string of the molecule is CCc1ccc2c(c1)C1(C(F)(F)F)OCC(C(=O)OC(C)(C)C)C1N2S(=O)(=O)c1ccc(C)cc1. The maximum absolute atomic E-state index is 14.9. The van der Waals surface area contributed by atoms with Crippen LogP contribution in [0.25, 0.3) is 0 Å². The fourth-order valence-electron chi connectivity index (χ4n) is 4.77. The molecule has 0 saturated carbocycles. The second-order valence-electron chi connectivity index (χ2n) is 9.95. The minimum absolute atomic E-state index is 0.154. The molecule has 35 heavy (non-hydrogen) atoms. The van der Waals surface area contributed by atoms with Gasteiger partial charge in [-0.3, -0.25) is 9.10 Å². The standard InChI is InChI=1S/C25H28F3NO5S/c1-6-16-9-12-20-19(13-16)24(25(26,27)28)21(18(14-33-24)22(30)34-23(3,4)5)29(20)35(31,32)17-10-7-15(2)8-11-17/h7-13,18,21H,6,14H2,1-5H3. The number of carbonyl (C=O) groups is 1. The van der Waals surface area contributed by atoms with Crippen LogP contribution in [0.2, 0.25) is 0 Å². The van der Waals surface area contributed by atoms with Crippen LogP contribution < -0.4 is 4.31 Å². The number of alkyl halides is 3. The summed E-state index contributed by atoms with van der Waals surface area (Å²) in [6.07, 6.45) is -4.57. The molecular formula is C25H28F3NO5S. The third-order valence-corrected chi connectivity index (χ3v) is 8.17. The first-order valence-electron chi connectivity index (χ1n) is 11.3. The first-order chi connectivity index (χ1) is 16.1. The molecule has 2 aromatic carbocycles. The smallest absolute Gasteiger partial charge is 0.423 e. The Bertz CT molecular complexity index is 1250. The third kappa shape index (κ3) is 4.00. The van der Waals surface area contributed by atoms with Crippen LogP contribution in [0.4, 0.5) is 18.9 Å². The number of hydrogen-bond donors (Lipinski definition) is 0. The number of ether oxygens (including phenoxy) is 2. The van der Waals surface area contributed by atoms with Crippen LogP contribution in [0.3, 0.4) is 0 Å². The Balaban J connectivity index is 1.99. The highest BCUT2D eigenvalue weighted by Crippen LogP contribution is 2.61. The molecule has 0 radical (unpaired) electrons. The molecule has 2 heterocycles. The molecule has 2 aliphatic rings. The normalized spacial score (nSPS) is 24.3. The summed E-state index contributed by atoms with van der Waals surface area (Å²) in [5.74, 6) is -2.44. The van der Waals surface area contributed by atoms with E-state index in [4.69, 9.17) is 9.47 Å². The van der Waals surface area contributed by atoms with E-state index < -0.39 is 51.9 Å². The van der Waals surface area contributed by atoms with Gasteiger partial charge in [0.2, 0.25) is 5.60 Å². The summed E-state index contributed by atoms with van der Waals surface area (Å²) in [5.41, 5.74) is -3.08. The van der Waals surface area contributed by atoms with E-state index in [2.05, 4.69) is 0 Å². The first-order valence-corrected chi connectivity index (χ1v) is 12.8. The highest BCUT2D eigenvalue weighted by atomic mass is 32.2. The topological polar surface area (TPSA) is 72.9 Å². The van der Waals surface area contributed by atoms with Gasteiger partial charge in [0, 0.05) is 5.56 Å². The number of nitrogens with zero attached hydrogens (tertiary/aromatic N) is 1. The van der Waals surface area contributed by atoms with Gasteiger partial charge in [-0.2, -0.15) is 13.2 Å². The molecule has 3 unspecified atom stereocenters. The summed E-state index contributed by atoms with van der Waals surface area (Å²) in [4.78, 5) is 12.9. The van der Waals surface area contributed by atoms with Crippen molar-refractivity contribution in [2.75, 3.05) is 10.9 Å². The molecule has 0 aliphatic carbocycles. The zero-order valence-corrected chi connectivity index (χ0v) is 21.0. The summed E-state index contributed by atoms with van der Waals surface area (Å²) in [7, 11) is -4.51. The number of sulfonamides is 1. The first kappa shape index (κ1) is 25.5. The van der Waals surface area contributed by atoms with E-state index in [-0.39, 0.29) is 16.1 Å². The number of esters is 1. The number of fused-ring (bicyclic) bond motifs is 3. The van der Waals surface area contributed by atoms with E-state index in [9.17, 15) is 26.4 Å². The zero-order chi connectivity index (χ0) is 26.0. The predicted octanol–water partition coefficient (Wildman–Crippen LogP) is 4.88. The van der Waals surface area contributed by atoms with E-state index in [0.29, 0.717) is 12.0 Å². The largest absolute Gasteiger partial charge is 0.460 e. The summed E-state index contributed by atoms with van der Waals surface area (Å²) in [6.45, 7) is 7.70. The average molecular weight is 512 g/mol. The molecular weight excluding hydrogens is 483 g/mol. The molecule has 0 spiro atoms. The van der Waals surface area contributed by atoms with Crippen molar-refractivity contribution in [3.8, 4) is 0 Å². The van der Waals surface area contributed by atoms with Gasteiger partial charge in [-0.25, -0.2) is 8.42 Å². The van der Waals surface area contributed by atoms with E-state index in [1.165, 1.54) is 24.3 Å². The van der Waals surface area contributed by atoms with E-state index in [0.717, 1.165) is 9.87 Å². The second kappa shape index (κ2) is 8.23. The maximum atomic E-state index is 14.9. The van der Waals surface area contributed by atoms with Crippen LogP contribution in [0.5, 0.6) is 0 Å². The van der Waals surface area contributed by atoms with Gasteiger partial charge in [0.15, 0.2) is 0 Å². The molecule has 2 aromatic rings. The van der Waals surface area contributed by atoms with Gasteiger partial charge < -0.3 is 9.47 Å². The monoisotopic (exact) mass is 511 g/mol. The Morgan fingerprint density at radius 1 is 1.14 bits per heavy atom. The molecule has 0 aromatic heterocycles. The minimum atomic E-state index is -5.01. The molecule has 190 valence electrons. The van der Waals surface area contributed by atoms with Crippen molar-refractivity contribution in [2.45, 2.75) is 69.4 Å². The maximum Gasteiger partial charge on any atom is 0.423 e. The van der Waals surface area contributed by atoms with Gasteiger partial charge in [-0.05, 0) is 57.9 Å². The highest BCUT2D eigenvalue weighted by molar-refractivity contribution is 7.93. The minimum Gasteiger partial charge on any atom is -0.460 e. The molecule has 3 atom stereocenters. The quantitative estimate of drug-likeness (QED) is 0.547. The van der Waals surface area contributed by atoms with Crippen LogP contribution >= 0.6 is 0 Å². The Hall–Kier alpha value is -2.59. The van der Waals surface area contributed by atoms with Gasteiger partial charge in [-0.15, -0.1) is 0 Å². The van der Waals surface area contributed by atoms with Crippen molar-refractivity contribution in [1.29, 1.82) is 0 Å². The van der Waals surface area contributed by atoms with E-state index in [1.54, 1.807) is 52.8 Å². The van der Waals surface area contributed by atoms with Crippen LogP contribution in [0.15, 0.2) is 47.4 Å². The third-order valence-electron chi connectivity index (χ3n) is 6.36. The lowest BCUT2D eigenvalue weighted by Gasteiger charge is -2.35. The van der Waals surface area contributed by atoms with Gasteiger partial charge in [0.1, 0.15) is 17.6 Å². The summed E-state index contributed by atoms with van der Waals surface area (Å²) >= 11 is 0. The van der Waals surface area contributed by atoms with Crippen LogP contribution in [-0.4, -0.2) is 38.8 Å². The lowest BCUT2D eigenvalue weighted by Crippen LogP contribution is -2.56.